The van der Waals surface area contributed by atoms with Crippen LogP contribution in [0.5, 0.6) is 0 Å². The molecule has 0 atom stereocenters. The molecule has 0 aliphatic carbocycles. The van der Waals surface area contributed by atoms with Crippen molar-refractivity contribution in [1.29, 1.82) is 0 Å². The third-order valence-corrected chi connectivity index (χ3v) is 6.14. The van der Waals surface area contributed by atoms with E-state index in [1.54, 1.807) is 24.9 Å². The van der Waals surface area contributed by atoms with Gasteiger partial charge in [-0.05, 0) is 18.4 Å². The SMILES string of the molecule is CN=C(NCCNS(=O)(=O)c1ccc(Cl)s1)NCCSC.I. The van der Waals surface area contributed by atoms with E-state index in [-0.39, 0.29) is 34.7 Å². The van der Waals surface area contributed by atoms with E-state index in [2.05, 4.69) is 20.3 Å². The molecular formula is C11H20ClIN4O2S3. The molecule has 0 radical (unpaired) electrons. The molecule has 0 bridgehead atoms. The van der Waals surface area contributed by atoms with Gasteiger partial charge in [0.25, 0.3) is 0 Å². The number of halogens is 2. The Balaban J connectivity index is 0.00000441. The predicted octanol–water partition coefficient (Wildman–Crippen LogP) is 1.83. The van der Waals surface area contributed by atoms with Crippen LogP contribution in [0, 0.1) is 0 Å². The number of aliphatic imine (C=N–C) groups is 1. The quantitative estimate of drug-likeness (QED) is 0.220. The lowest BCUT2D eigenvalue weighted by Crippen LogP contribution is -2.42. The lowest BCUT2D eigenvalue weighted by molar-refractivity contribution is 0.582. The van der Waals surface area contributed by atoms with Gasteiger partial charge in [-0.25, -0.2) is 13.1 Å². The lowest BCUT2D eigenvalue weighted by Gasteiger charge is -2.11. The summed E-state index contributed by atoms with van der Waals surface area (Å²) >= 11 is 8.51. The van der Waals surface area contributed by atoms with E-state index in [0.717, 1.165) is 23.6 Å². The number of nitrogens with zero attached hydrogens (tertiary/aromatic N) is 1. The summed E-state index contributed by atoms with van der Waals surface area (Å²) in [6, 6.07) is 3.06. The minimum atomic E-state index is -3.48. The van der Waals surface area contributed by atoms with Crippen LogP contribution in [0.15, 0.2) is 21.3 Å². The van der Waals surface area contributed by atoms with Gasteiger partial charge in [0.15, 0.2) is 5.96 Å². The number of thioether (sulfide) groups is 1. The Bertz CT molecular complexity index is 565. The van der Waals surface area contributed by atoms with Crippen LogP contribution in [0.2, 0.25) is 4.34 Å². The van der Waals surface area contributed by atoms with Gasteiger partial charge >= 0.3 is 0 Å². The Morgan fingerprint density at radius 3 is 2.55 bits per heavy atom. The van der Waals surface area contributed by atoms with Crippen molar-refractivity contribution < 1.29 is 8.42 Å². The van der Waals surface area contributed by atoms with Gasteiger partial charge in [0.05, 0.1) is 4.34 Å². The minimum absolute atomic E-state index is 0. The zero-order valence-electron chi connectivity index (χ0n) is 12.3. The second-order valence-electron chi connectivity index (χ2n) is 3.87. The molecule has 0 saturated carbocycles. The fourth-order valence-electron chi connectivity index (χ4n) is 1.37. The van der Waals surface area contributed by atoms with Crippen molar-refractivity contribution in [3.05, 3.63) is 16.5 Å². The highest BCUT2D eigenvalue weighted by molar-refractivity contribution is 14.0. The Kier molecular flexibility index (Phi) is 11.9. The van der Waals surface area contributed by atoms with Crippen LogP contribution in [0.1, 0.15) is 0 Å². The van der Waals surface area contributed by atoms with Gasteiger partial charge in [0.1, 0.15) is 4.21 Å². The molecule has 0 fully saturated rings. The zero-order valence-corrected chi connectivity index (χ0v) is 17.8. The average Bonchev–Trinajstić information content (AvgIpc) is 2.89. The molecule has 128 valence electrons. The van der Waals surface area contributed by atoms with Crippen molar-refractivity contribution in [2.24, 2.45) is 4.99 Å². The molecule has 1 aromatic rings. The summed E-state index contributed by atoms with van der Waals surface area (Å²) in [5, 5.41) is 6.17. The summed E-state index contributed by atoms with van der Waals surface area (Å²) in [6.07, 6.45) is 2.03. The first-order valence-electron chi connectivity index (χ1n) is 6.18. The third kappa shape index (κ3) is 8.20. The normalized spacial score (nSPS) is 11.9. The fraction of sp³-hybridized carbons (Fsp3) is 0.545. The van der Waals surface area contributed by atoms with Crippen LogP contribution < -0.4 is 15.4 Å². The number of thiophene rings is 1. The van der Waals surface area contributed by atoms with Crippen molar-refractivity contribution in [1.82, 2.24) is 15.4 Å². The maximum absolute atomic E-state index is 11.9. The first-order valence-corrected chi connectivity index (χ1v) is 10.2. The highest BCUT2D eigenvalue weighted by Gasteiger charge is 2.15. The molecule has 0 aliphatic heterocycles. The summed E-state index contributed by atoms with van der Waals surface area (Å²) in [4.78, 5) is 4.05. The fourth-order valence-corrected chi connectivity index (χ4v) is 4.24. The maximum Gasteiger partial charge on any atom is 0.250 e. The van der Waals surface area contributed by atoms with Crippen molar-refractivity contribution in [2.75, 3.05) is 38.7 Å². The van der Waals surface area contributed by atoms with Crippen LogP contribution in [-0.2, 0) is 10.0 Å². The van der Waals surface area contributed by atoms with Crippen molar-refractivity contribution in [2.45, 2.75) is 4.21 Å². The Labute approximate surface area is 162 Å². The number of hydrogen-bond acceptors (Lipinski definition) is 5. The van der Waals surface area contributed by atoms with E-state index in [9.17, 15) is 8.42 Å². The van der Waals surface area contributed by atoms with Crippen LogP contribution in [-0.4, -0.2) is 53.1 Å². The smallest absolute Gasteiger partial charge is 0.250 e. The molecule has 1 rings (SSSR count). The third-order valence-electron chi connectivity index (χ3n) is 2.35. The van der Waals surface area contributed by atoms with Gasteiger partial charge in [-0.15, -0.1) is 35.3 Å². The molecular weight excluding hydrogens is 479 g/mol. The molecule has 0 aliphatic rings. The first-order chi connectivity index (χ1) is 9.99. The van der Waals surface area contributed by atoms with E-state index in [4.69, 9.17) is 11.6 Å². The van der Waals surface area contributed by atoms with E-state index in [0.29, 0.717) is 16.8 Å². The van der Waals surface area contributed by atoms with Crippen LogP contribution >= 0.6 is 58.7 Å². The Hall–Kier alpha value is 0.250. The number of sulfonamides is 1. The number of rotatable bonds is 8. The summed E-state index contributed by atoms with van der Waals surface area (Å²) in [6.45, 7) is 1.51. The first kappa shape index (κ1) is 22.2. The molecule has 0 aromatic carbocycles. The van der Waals surface area contributed by atoms with Crippen LogP contribution in [0.25, 0.3) is 0 Å². The molecule has 6 nitrogen and oxygen atoms in total. The lowest BCUT2D eigenvalue weighted by atomic mass is 10.6. The van der Waals surface area contributed by atoms with E-state index in [1.165, 1.54) is 6.07 Å². The van der Waals surface area contributed by atoms with Gasteiger partial charge < -0.3 is 10.6 Å². The topological polar surface area (TPSA) is 82.6 Å². The Morgan fingerprint density at radius 2 is 2.00 bits per heavy atom. The van der Waals surface area contributed by atoms with Crippen molar-refractivity contribution in [3.63, 3.8) is 0 Å². The molecule has 0 amide bonds. The monoisotopic (exact) mass is 498 g/mol. The number of hydrogen-bond donors (Lipinski definition) is 3. The summed E-state index contributed by atoms with van der Waals surface area (Å²) in [5.74, 6) is 1.63. The van der Waals surface area contributed by atoms with Crippen molar-refractivity contribution >= 4 is 74.7 Å². The van der Waals surface area contributed by atoms with Crippen LogP contribution in [0.3, 0.4) is 0 Å². The molecule has 0 unspecified atom stereocenters. The van der Waals surface area contributed by atoms with Gasteiger partial charge in [0.2, 0.25) is 10.0 Å². The van der Waals surface area contributed by atoms with E-state index >= 15 is 0 Å². The second-order valence-corrected chi connectivity index (χ2v) is 8.57. The Morgan fingerprint density at radius 1 is 1.32 bits per heavy atom. The summed E-state index contributed by atoms with van der Waals surface area (Å²) < 4.78 is 27.0. The number of nitrogens with one attached hydrogen (secondary N) is 3. The molecule has 0 spiro atoms. The standard InChI is InChI=1S/C11H19ClN4O2S3.HI/c1-13-11(15-7-8-19-2)14-5-6-16-21(17,18)10-4-3-9(12)20-10;/h3-4,16H,5-8H2,1-2H3,(H2,13,14,15);1H. The zero-order chi connectivity index (χ0) is 15.7. The molecule has 0 saturated heterocycles. The van der Waals surface area contributed by atoms with E-state index in [1.807, 2.05) is 6.26 Å². The van der Waals surface area contributed by atoms with Crippen LogP contribution in [0.4, 0.5) is 0 Å². The molecule has 1 aromatic heterocycles. The highest BCUT2D eigenvalue weighted by atomic mass is 127. The minimum Gasteiger partial charge on any atom is -0.356 e. The largest absolute Gasteiger partial charge is 0.356 e. The summed E-state index contributed by atoms with van der Waals surface area (Å²) in [5.41, 5.74) is 0. The molecule has 1 heterocycles. The predicted molar refractivity (Wildman–Crippen MR) is 108 cm³/mol. The van der Waals surface area contributed by atoms with E-state index < -0.39 is 10.0 Å². The molecule has 11 heteroatoms. The summed E-state index contributed by atoms with van der Waals surface area (Å²) in [7, 11) is -1.81. The number of guanidine groups is 1. The molecule has 3 N–H and O–H groups in total. The average molecular weight is 499 g/mol. The molecule has 22 heavy (non-hydrogen) atoms. The van der Waals surface area contributed by atoms with Gasteiger partial charge in [-0.1, -0.05) is 11.6 Å². The highest BCUT2D eigenvalue weighted by Crippen LogP contribution is 2.24. The van der Waals surface area contributed by atoms with Gasteiger partial charge in [-0.2, -0.15) is 11.8 Å². The second kappa shape index (κ2) is 11.7. The van der Waals surface area contributed by atoms with Gasteiger partial charge in [0, 0.05) is 32.4 Å². The maximum atomic E-state index is 11.9. The van der Waals surface area contributed by atoms with Gasteiger partial charge in [-0.3, -0.25) is 4.99 Å². The van der Waals surface area contributed by atoms with Crippen molar-refractivity contribution in [3.8, 4) is 0 Å².